The first-order valence-corrected chi connectivity index (χ1v) is 10.1. The Balaban J connectivity index is 0.000000290. The van der Waals surface area contributed by atoms with E-state index in [0.717, 1.165) is 39.0 Å². The van der Waals surface area contributed by atoms with E-state index in [9.17, 15) is 4.79 Å². The van der Waals surface area contributed by atoms with Gasteiger partial charge < -0.3 is 5.73 Å². The van der Waals surface area contributed by atoms with Gasteiger partial charge in [-0.05, 0) is 18.4 Å². The Hall–Kier alpha value is -0.840. The number of benzene rings is 1. The SMILES string of the molecule is CP(C)(O)(O)O.NCc1ccccc1.O=C1CCCCC1. The fourth-order valence-corrected chi connectivity index (χ4v) is 1.56. The van der Waals surface area contributed by atoms with Crippen molar-refractivity contribution in [3.63, 3.8) is 0 Å². The monoisotopic (exact) mass is 317 g/mol. The first-order chi connectivity index (χ1) is 9.56. The number of hydrogen-bond acceptors (Lipinski definition) is 5. The summed E-state index contributed by atoms with van der Waals surface area (Å²) in [5.41, 5.74) is 6.54. The molecule has 1 fully saturated rings. The minimum absolute atomic E-state index is 0.464. The average Bonchev–Trinajstić information content (AvgIpc) is 2.38. The summed E-state index contributed by atoms with van der Waals surface area (Å²) in [5, 5.41) is 0. The molecule has 1 aromatic rings. The zero-order valence-electron chi connectivity index (χ0n) is 12.9. The van der Waals surface area contributed by atoms with Crippen LogP contribution >= 0.6 is 7.28 Å². The van der Waals surface area contributed by atoms with Crippen LogP contribution in [-0.4, -0.2) is 33.8 Å². The van der Waals surface area contributed by atoms with Gasteiger partial charge >= 0.3 is 35.3 Å². The predicted octanol–water partition coefficient (Wildman–Crippen LogP) is 2.19. The molecule has 6 heteroatoms. The third-order valence-electron chi connectivity index (χ3n) is 2.49. The summed E-state index contributed by atoms with van der Waals surface area (Å²) >= 11 is 0. The number of ketones is 1. The standard InChI is InChI=1S/C7H9N.C6H10O.C2H9O3P/c8-6-7-4-2-1-3-5-7;7-6-4-2-1-3-5-6;1-6(2,3,4)5/h1-5H,6,8H2;1-5H2;3-5H,1-2H3. The van der Waals surface area contributed by atoms with Gasteiger partial charge in [0, 0.05) is 19.4 Å². The number of hydrogen-bond donors (Lipinski definition) is 4. The third kappa shape index (κ3) is 19.2. The largest absolute Gasteiger partial charge is 0.326 e. The van der Waals surface area contributed by atoms with Crippen molar-refractivity contribution in [1.82, 2.24) is 0 Å². The van der Waals surface area contributed by atoms with Crippen LogP contribution < -0.4 is 5.73 Å². The van der Waals surface area contributed by atoms with Crippen LogP contribution in [0.3, 0.4) is 0 Å². The van der Waals surface area contributed by atoms with Gasteiger partial charge in [-0.15, -0.1) is 0 Å². The van der Waals surface area contributed by atoms with Crippen molar-refractivity contribution in [3.05, 3.63) is 35.9 Å². The fraction of sp³-hybridized carbons (Fsp3) is 0.533. The molecule has 122 valence electrons. The molecule has 1 aromatic carbocycles. The number of carbonyl (C=O) groups is 1. The van der Waals surface area contributed by atoms with Crippen LogP contribution in [0.15, 0.2) is 30.3 Å². The van der Waals surface area contributed by atoms with E-state index in [2.05, 4.69) is 0 Å². The van der Waals surface area contributed by atoms with Crippen LogP contribution in [0.5, 0.6) is 0 Å². The van der Waals surface area contributed by atoms with Gasteiger partial charge in [0.1, 0.15) is 5.78 Å². The van der Waals surface area contributed by atoms with Crippen LogP contribution in [0.25, 0.3) is 0 Å². The summed E-state index contributed by atoms with van der Waals surface area (Å²) in [4.78, 5) is 35.1. The Kier molecular flexibility index (Phi) is 8.86. The Morgan fingerprint density at radius 3 is 1.67 bits per heavy atom. The van der Waals surface area contributed by atoms with Crippen molar-refractivity contribution in [1.29, 1.82) is 0 Å². The van der Waals surface area contributed by atoms with Gasteiger partial charge in [-0.1, -0.05) is 36.8 Å². The van der Waals surface area contributed by atoms with Gasteiger partial charge in [-0.25, -0.2) is 0 Å². The first-order valence-electron chi connectivity index (χ1n) is 7.08. The predicted molar refractivity (Wildman–Crippen MR) is 87.8 cm³/mol. The molecule has 2 rings (SSSR count). The number of nitrogens with two attached hydrogens (primary N) is 1. The van der Waals surface area contributed by atoms with Crippen molar-refractivity contribution in [2.24, 2.45) is 5.73 Å². The van der Waals surface area contributed by atoms with Crippen LogP contribution in [-0.2, 0) is 11.3 Å². The number of rotatable bonds is 1. The zero-order valence-corrected chi connectivity index (χ0v) is 13.8. The summed E-state index contributed by atoms with van der Waals surface area (Å²) < 4.78 is 0. The molecule has 0 saturated heterocycles. The van der Waals surface area contributed by atoms with E-state index < -0.39 is 7.28 Å². The molecule has 0 amide bonds. The quantitative estimate of drug-likeness (QED) is 0.594. The molecule has 0 radical (unpaired) electrons. The second-order valence-electron chi connectivity index (χ2n) is 5.70. The smallest absolute Gasteiger partial charge is 0.132 e. The molecule has 0 aliphatic heterocycles. The van der Waals surface area contributed by atoms with Crippen molar-refractivity contribution in [2.75, 3.05) is 13.3 Å². The van der Waals surface area contributed by atoms with E-state index in [1.807, 2.05) is 30.3 Å². The van der Waals surface area contributed by atoms with Gasteiger partial charge in [0.2, 0.25) is 0 Å². The van der Waals surface area contributed by atoms with Gasteiger partial charge in [-0.2, -0.15) is 0 Å². The molecule has 0 bridgehead atoms. The van der Waals surface area contributed by atoms with Crippen LogP contribution in [0, 0.1) is 0 Å². The van der Waals surface area contributed by atoms with E-state index in [1.165, 1.54) is 12.0 Å². The molecule has 0 spiro atoms. The van der Waals surface area contributed by atoms with Gasteiger partial charge in [0.25, 0.3) is 0 Å². The van der Waals surface area contributed by atoms with E-state index in [4.69, 9.17) is 20.4 Å². The molecule has 21 heavy (non-hydrogen) atoms. The van der Waals surface area contributed by atoms with Crippen molar-refractivity contribution >= 4 is 13.1 Å². The van der Waals surface area contributed by atoms with E-state index in [1.54, 1.807) is 0 Å². The maximum absolute atomic E-state index is 10.5. The molecule has 0 heterocycles. The van der Waals surface area contributed by atoms with E-state index >= 15 is 0 Å². The molecule has 1 aliphatic rings. The summed E-state index contributed by atoms with van der Waals surface area (Å²) in [7, 11) is -4.05. The number of Topliss-reactive ketones (excluding diaryl/α,β-unsaturated/α-hetero) is 1. The van der Waals surface area contributed by atoms with E-state index in [0.29, 0.717) is 12.3 Å². The van der Waals surface area contributed by atoms with E-state index in [-0.39, 0.29) is 0 Å². The van der Waals surface area contributed by atoms with Crippen LogP contribution in [0.2, 0.25) is 0 Å². The maximum atomic E-state index is 10.5. The maximum Gasteiger partial charge on any atom is 0.132 e. The van der Waals surface area contributed by atoms with Crippen LogP contribution in [0.4, 0.5) is 0 Å². The fourth-order valence-electron chi connectivity index (χ4n) is 1.56. The van der Waals surface area contributed by atoms with Crippen molar-refractivity contribution in [3.8, 4) is 0 Å². The molecule has 1 saturated carbocycles. The molecule has 0 unspecified atom stereocenters. The summed E-state index contributed by atoms with van der Waals surface area (Å²) in [6.45, 7) is 2.65. The van der Waals surface area contributed by atoms with Gasteiger partial charge in [-0.3, -0.25) is 4.79 Å². The molecule has 5 N–H and O–H groups in total. The average molecular weight is 317 g/mol. The normalized spacial score (nSPS) is 16.5. The second-order valence-corrected chi connectivity index (χ2v) is 9.54. The topological polar surface area (TPSA) is 104 Å². The second kappa shape index (κ2) is 9.23. The molecular formula is C15H28NO4P. The first kappa shape index (κ1) is 20.2. The Bertz CT molecular complexity index is 388. The molecule has 1 aliphatic carbocycles. The molecular weight excluding hydrogens is 289 g/mol. The third-order valence-corrected chi connectivity index (χ3v) is 2.49. The molecule has 0 aromatic heterocycles. The van der Waals surface area contributed by atoms with Crippen LogP contribution in [0.1, 0.15) is 37.7 Å². The van der Waals surface area contributed by atoms with Crippen molar-refractivity contribution in [2.45, 2.75) is 38.6 Å². The zero-order chi connectivity index (χ0) is 16.4. The Morgan fingerprint density at radius 1 is 1.00 bits per heavy atom. The van der Waals surface area contributed by atoms with Gasteiger partial charge in [0.05, 0.1) is 0 Å². The summed E-state index contributed by atoms with van der Waals surface area (Å²) in [6.07, 6.45) is 5.24. The molecule has 5 nitrogen and oxygen atoms in total. The summed E-state index contributed by atoms with van der Waals surface area (Å²) in [5.74, 6) is 0.464. The Morgan fingerprint density at radius 2 is 1.43 bits per heavy atom. The van der Waals surface area contributed by atoms with Crippen molar-refractivity contribution < 1.29 is 19.5 Å². The molecule has 0 atom stereocenters. The summed E-state index contributed by atoms with van der Waals surface area (Å²) in [6, 6.07) is 9.99. The minimum atomic E-state index is -4.05. The Labute approximate surface area is 127 Å². The minimum Gasteiger partial charge on any atom is -0.326 e. The van der Waals surface area contributed by atoms with Gasteiger partial charge in [0.15, 0.2) is 0 Å². The number of carbonyl (C=O) groups excluding carboxylic acids is 1.